The van der Waals surface area contributed by atoms with Crippen molar-refractivity contribution in [1.29, 1.82) is 0 Å². The van der Waals surface area contributed by atoms with E-state index in [1.165, 1.54) is 17.1 Å². The highest BCUT2D eigenvalue weighted by molar-refractivity contribution is 6.31. The molecule has 0 fully saturated rings. The molecule has 1 unspecified atom stereocenters. The number of tetrazole rings is 1. The second-order valence-corrected chi connectivity index (χ2v) is 6.44. The van der Waals surface area contributed by atoms with Crippen LogP contribution >= 0.6 is 11.6 Å². The second kappa shape index (κ2) is 6.41. The Hall–Kier alpha value is -1.99. The Morgan fingerprint density at radius 2 is 2.18 bits per heavy atom. The van der Waals surface area contributed by atoms with E-state index in [9.17, 15) is 9.90 Å². The highest BCUT2D eigenvalue weighted by atomic mass is 35.5. The monoisotopic (exact) mass is 323 g/mol. The fraction of sp³-hybridized carbons (Fsp3) is 0.429. The van der Waals surface area contributed by atoms with Crippen molar-refractivity contribution in [2.75, 3.05) is 6.54 Å². The summed E-state index contributed by atoms with van der Waals surface area (Å²) in [5, 5.41) is 24.0. The van der Waals surface area contributed by atoms with Gasteiger partial charge in [0, 0.05) is 11.6 Å². The molecule has 1 atom stereocenters. The van der Waals surface area contributed by atoms with Crippen LogP contribution in [0.1, 0.15) is 31.1 Å². The number of aliphatic hydroxyl groups is 1. The molecule has 7 nitrogen and oxygen atoms in total. The maximum absolute atomic E-state index is 12.4. The molecule has 118 valence electrons. The zero-order chi connectivity index (χ0) is 16.3. The van der Waals surface area contributed by atoms with Gasteiger partial charge < -0.3 is 10.4 Å². The summed E-state index contributed by atoms with van der Waals surface area (Å²) < 4.78 is 1.38. The van der Waals surface area contributed by atoms with Crippen molar-refractivity contribution in [2.45, 2.75) is 26.9 Å². The lowest BCUT2D eigenvalue weighted by Gasteiger charge is -2.26. The van der Waals surface area contributed by atoms with Gasteiger partial charge in [-0.05, 0) is 34.0 Å². The van der Waals surface area contributed by atoms with Crippen LogP contribution in [0.15, 0.2) is 24.5 Å². The first-order valence-corrected chi connectivity index (χ1v) is 7.16. The molecule has 0 aliphatic heterocycles. The van der Waals surface area contributed by atoms with Crippen LogP contribution < -0.4 is 5.32 Å². The van der Waals surface area contributed by atoms with E-state index in [0.29, 0.717) is 16.3 Å². The molecule has 1 aromatic carbocycles. The molecule has 0 radical (unpaired) electrons. The smallest absolute Gasteiger partial charge is 0.253 e. The number of carbonyl (C=O) groups excluding carboxylic acids is 1. The van der Waals surface area contributed by atoms with E-state index in [0.717, 1.165) is 0 Å². The number of carbonyl (C=O) groups is 1. The normalized spacial score (nSPS) is 13.0. The molecule has 2 N–H and O–H groups in total. The minimum absolute atomic E-state index is 0.143. The lowest BCUT2D eigenvalue weighted by atomic mass is 9.89. The lowest BCUT2D eigenvalue weighted by molar-refractivity contribution is 0.0587. The Morgan fingerprint density at radius 3 is 2.77 bits per heavy atom. The minimum Gasteiger partial charge on any atom is -0.391 e. The van der Waals surface area contributed by atoms with E-state index in [4.69, 9.17) is 11.6 Å². The molecule has 0 saturated heterocycles. The second-order valence-electron chi connectivity index (χ2n) is 6.01. The first-order chi connectivity index (χ1) is 10.3. The number of amides is 1. The van der Waals surface area contributed by atoms with Crippen LogP contribution in [0.25, 0.3) is 5.69 Å². The van der Waals surface area contributed by atoms with Crippen molar-refractivity contribution in [3.8, 4) is 5.69 Å². The molecule has 22 heavy (non-hydrogen) atoms. The summed E-state index contributed by atoms with van der Waals surface area (Å²) in [6, 6.07) is 4.85. The van der Waals surface area contributed by atoms with E-state index >= 15 is 0 Å². The number of aromatic nitrogens is 4. The SMILES string of the molecule is CC(C)(C)C(O)CNC(=O)c1cc(Cl)ccc1-n1cnnn1. The lowest BCUT2D eigenvalue weighted by Crippen LogP contribution is -2.39. The van der Waals surface area contributed by atoms with E-state index < -0.39 is 6.10 Å². The summed E-state index contributed by atoms with van der Waals surface area (Å²) in [4.78, 5) is 12.4. The number of benzene rings is 1. The van der Waals surface area contributed by atoms with E-state index in [-0.39, 0.29) is 17.9 Å². The summed E-state index contributed by atoms with van der Waals surface area (Å²) in [6.07, 6.45) is 0.733. The van der Waals surface area contributed by atoms with Crippen LogP contribution in [0, 0.1) is 5.41 Å². The van der Waals surface area contributed by atoms with E-state index in [1.807, 2.05) is 20.8 Å². The summed E-state index contributed by atoms with van der Waals surface area (Å²) in [5.74, 6) is -0.351. The molecule has 8 heteroatoms. The predicted octanol–water partition coefficient (Wildman–Crippen LogP) is 1.45. The van der Waals surface area contributed by atoms with Gasteiger partial charge in [-0.15, -0.1) is 5.10 Å². The van der Waals surface area contributed by atoms with Gasteiger partial charge in [0.15, 0.2) is 0 Å². The van der Waals surface area contributed by atoms with Crippen LogP contribution in [0.3, 0.4) is 0 Å². The molecule has 1 heterocycles. The molecule has 1 amide bonds. The minimum atomic E-state index is -0.660. The number of hydrogen-bond donors (Lipinski definition) is 2. The Morgan fingerprint density at radius 1 is 1.45 bits per heavy atom. The van der Waals surface area contributed by atoms with Crippen molar-refractivity contribution in [2.24, 2.45) is 5.41 Å². The third-order valence-corrected chi connectivity index (χ3v) is 3.49. The highest BCUT2D eigenvalue weighted by Crippen LogP contribution is 2.20. The zero-order valence-corrected chi connectivity index (χ0v) is 13.4. The number of nitrogens with zero attached hydrogens (tertiary/aromatic N) is 4. The Labute approximate surface area is 133 Å². The van der Waals surface area contributed by atoms with Crippen LogP contribution in [0.2, 0.25) is 5.02 Å². The van der Waals surface area contributed by atoms with E-state index in [1.54, 1.807) is 12.1 Å². The Bertz CT molecular complexity index is 652. The average Bonchev–Trinajstić information content (AvgIpc) is 2.97. The molecule has 2 rings (SSSR count). The van der Waals surface area contributed by atoms with Gasteiger partial charge in [0.05, 0.1) is 17.4 Å². The standard InChI is InChI=1S/C14H18ClN5O2/c1-14(2,3)12(21)7-16-13(22)10-6-9(15)4-5-11(10)20-8-17-18-19-20/h4-6,8,12,21H,7H2,1-3H3,(H,16,22). The van der Waals surface area contributed by atoms with Gasteiger partial charge >= 0.3 is 0 Å². The van der Waals surface area contributed by atoms with Gasteiger partial charge in [-0.1, -0.05) is 32.4 Å². The first-order valence-electron chi connectivity index (χ1n) is 6.78. The highest BCUT2D eigenvalue weighted by Gasteiger charge is 2.23. The number of nitrogens with one attached hydrogen (secondary N) is 1. The molecule has 2 aromatic rings. The van der Waals surface area contributed by atoms with Crippen molar-refractivity contribution in [3.05, 3.63) is 35.1 Å². The molecule has 0 saturated carbocycles. The summed E-state index contributed by atoms with van der Waals surface area (Å²) in [5.41, 5.74) is 0.526. The maximum Gasteiger partial charge on any atom is 0.253 e. The summed E-state index contributed by atoms with van der Waals surface area (Å²) in [7, 11) is 0. The quantitative estimate of drug-likeness (QED) is 0.888. The van der Waals surface area contributed by atoms with Gasteiger partial charge in [-0.2, -0.15) is 4.68 Å². The number of hydrogen-bond acceptors (Lipinski definition) is 5. The number of rotatable bonds is 4. The van der Waals surface area contributed by atoms with Gasteiger partial charge in [0.25, 0.3) is 5.91 Å². The molecular formula is C14H18ClN5O2. The topological polar surface area (TPSA) is 92.9 Å². The van der Waals surface area contributed by atoms with Crippen LogP contribution in [-0.4, -0.2) is 43.9 Å². The van der Waals surface area contributed by atoms with Gasteiger partial charge in [-0.25, -0.2) is 0 Å². The van der Waals surface area contributed by atoms with Crippen LogP contribution in [-0.2, 0) is 0 Å². The number of aliphatic hydroxyl groups excluding tert-OH is 1. The van der Waals surface area contributed by atoms with Crippen LogP contribution in [0.4, 0.5) is 0 Å². The Balaban J connectivity index is 2.21. The third kappa shape index (κ3) is 3.80. The third-order valence-electron chi connectivity index (χ3n) is 3.25. The van der Waals surface area contributed by atoms with Gasteiger partial charge in [-0.3, -0.25) is 4.79 Å². The molecule has 0 spiro atoms. The molecular weight excluding hydrogens is 306 g/mol. The molecule has 0 bridgehead atoms. The van der Waals surface area contributed by atoms with Crippen molar-refractivity contribution in [1.82, 2.24) is 25.5 Å². The van der Waals surface area contributed by atoms with Crippen molar-refractivity contribution < 1.29 is 9.90 Å². The van der Waals surface area contributed by atoms with Crippen molar-refractivity contribution in [3.63, 3.8) is 0 Å². The summed E-state index contributed by atoms with van der Waals surface area (Å²) in [6.45, 7) is 5.84. The van der Waals surface area contributed by atoms with Gasteiger partial charge in [0.2, 0.25) is 0 Å². The van der Waals surface area contributed by atoms with Crippen LogP contribution in [0.5, 0.6) is 0 Å². The first kappa shape index (κ1) is 16.4. The average molecular weight is 324 g/mol. The molecule has 1 aromatic heterocycles. The summed E-state index contributed by atoms with van der Waals surface area (Å²) >= 11 is 5.97. The number of halogens is 1. The van der Waals surface area contributed by atoms with Crippen molar-refractivity contribution >= 4 is 17.5 Å². The van der Waals surface area contributed by atoms with Gasteiger partial charge in [0.1, 0.15) is 6.33 Å². The predicted molar refractivity (Wildman–Crippen MR) is 82.0 cm³/mol. The fourth-order valence-electron chi connectivity index (χ4n) is 1.75. The molecule has 0 aliphatic carbocycles. The molecule has 0 aliphatic rings. The van der Waals surface area contributed by atoms with E-state index in [2.05, 4.69) is 20.8 Å². The largest absolute Gasteiger partial charge is 0.391 e. The maximum atomic E-state index is 12.4. The Kier molecular flexibility index (Phi) is 4.77. The zero-order valence-electron chi connectivity index (χ0n) is 12.6. The fourth-order valence-corrected chi connectivity index (χ4v) is 1.92.